The van der Waals surface area contributed by atoms with Gasteiger partial charge in [0, 0.05) is 26.3 Å². The summed E-state index contributed by atoms with van der Waals surface area (Å²) in [6.07, 6.45) is 1.90. The average Bonchev–Trinajstić information content (AvgIpc) is 3.84. The lowest BCUT2D eigenvalue weighted by Gasteiger charge is -2.40. The molecule has 2 aromatic heterocycles. The summed E-state index contributed by atoms with van der Waals surface area (Å²) in [5.41, 5.74) is 1.45. The van der Waals surface area contributed by atoms with Gasteiger partial charge in [0.25, 0.3) is 11.6 Å². The molecule has 6 rings (SSSR count). The molecular weight excluding hydrogens is 1030 g/mol. The standard InChI is InChI=1S/C20H19F3N2O4.C16H22ClN3O.C14H17IN2O2/c1-13(14-8-6-9-16(11-14)20(21,22)23)24-29-12-15-7-4-5-10-17(15)18(25-28-3)19(26)27-2;1-15(2,3)16(21,10-20-12-18-11-19-20)9-8-13-4-6-14(17)7-5-13;1-3-7-17-13(18)11-9-10(15)5-6-12(11)16-14(17)19-8-4-2/h4-11H,12H2,1-3H3;4-7,11-12,21H,8-10H2,1-3H3;5-6,9H,3-4,7-8H2,1-2H3/b24-13+,25-18+;;. The van der Waals surface area contributed by atoms with Gasteiger partial charge >= 0.3 is 12.1 Å². The quantitative estimate of drug-likeness (QED) is 0.0402. The molecule has 0 fully saturated rings. The van der Waals surface area contributed by atoms with E-state index in [0.717, 1.165) is 40.0 Å². The van der Waals surface area contributed by atoms with Crippen LogP contribution < -0.4 is 10.3 Å². The normalized spacial score (nSPS) is 12.8. The molecule has 14 nitrogen and oxygen atoms in total. The highest BCUT2D eigenvalue weighted by molar-refractivity contribution is 14.1. The van der Waals surface area contributed by atoms with Crippen LogP contribution in [0.1, 0.15) is 88.6 Å². The molecule has 0 aliphatic carbocycles. The zero-order valence-electron chi connectivity index (χ0n) is 39.9. The maximum absolute atomic E-state index is 12.9. The van der Waals surface area contributed by atoms with Crippen molar-refractivity contribution in [3.63, 3.8) is 0 Å². The number of nitrogens with zero attached hydrogens (tertiary/aromatic N) is 7. The predicted octanol–water partition coefficient (Wildman–Crippen LogP) is 10.7. The van der Waals surface area contributed by atoms with Crippen LogP contribution in [-0.2, 0) is 51.5 Å². The highest BCUT2D eigenvalue weighted by Crippen LogP contribution is 2.36. The molecule has 1 N–H and O–H groups in total. The lowest BCUT2D eigenvalue weighted by atomic mass is 9.73. The summed E-state index contributed by atoms with van der Waals surface area (Å²) in [7, 11) is 2.51. The number of oxime groups is 2. The van der Waals surface area contributed by atoms with Crippen LogP contribution >= 0.6 is 34.2 Å². The van der Waals surface area contributed by atoms with Crippen molar-refractivity contribution < 1.29 is 42.2 Å². The Labute approximate surface area is 418 Å². The molecule has 6 aromatic rings. The number of carbonyl (C=O) groups excluding carboxylic acids is 1. The van der Waals surface area contributed by atoms with Crippen molar-refractivity contribution in [1.82, 2.24) is 24.3 Å². The van der Waals surface area contributed by atoms with Gasteiger partial charge in [0.1, 0.15) is 26.4 Å². The van der Waals surface area contributed by atoms with Gasteiger partial charge in [-0.25, -0.2) is 9.78 Å². The van der Waals surface area contributed by atoms with Crippen LogP contribution in [0.5, 0.6) is 6.01 Å². The molecule has 2 heterocycles. The van der Waals surface area contributed by atoms with Crippen LogP contribution in [0.15, 0.2) is 119 Å². The van der Waals surface area contributed by atoms with Crippen LogP contribution in [0.3, 0.4) is 0 Å². The van der Waals surface area contributed by atoms with Crippen LogP contribution in [-0.4, -0.2) is 73.2 Å². The Morgan fingerprint density at radius 1 is 0.928 bits per heavy atom. The summed E-state index contributed by atoms with van der Waals surface area (Å²) in [6.45, 7) is 13.3. The molecule has 0 saturated carbocycles. The minimum Gasteiger partial charge on any atom is -0.465 e. The Morgan fingerprint density at radius 3 is 2.28 bits per heavy atom. The van der Waals surface area contributed by atoms with E-state index in [2.05, 4.69) is 48.0 Å². The van der Waals surface area contributed by atoms with E-state index in [1.807, 2.05) is 77.1 Å². The zero-order chi connectivity index (χ0) is 50.8. The van der Waals surface area contributed by atoms with Gasteiger partial charge in [0.05, 0.1) is 48.0 Å². The van der Waals surface area contributed by atoms with E-state index in [1.54, 1.807) is 39.8 Å². The number of aromatic nitrogens is 5. The number of benzene rings is 4. The average molecular weight is 1090 g/mol. The second-order valence-electron chi connectivity index (χ2n) is 16.7. The highest BCUT2D eigenvalue weighted by atomic mass is 127. The molecule has 0 aliphatic heterocycles. The molecule has 0 bridgehead atoms. The largest absolute Gasteiger partial charge is 0.465 e. The Balaban J connectivity index is 0.000000232. The van der Waals surface area contributed by atoms with Crippen LogP contribution in [0, 0.1) is 8.99 Å². The van der Waals surface area contributed by atoms with Crippen molar-refractivity contribution in [2.75, 3.05) is 20.8 Å². The third kappa shape index (κ3) is 16.4. The van der Waals surface area contributed by atoms with E-state index in [4.69, 9.17) is 30.7 Å². The molecule has 0 radical (unpaired) electrons. The molecule has 19 heteroatoms. The van der Waals surface area contributed by atoms with Gasteiger partial charge in [-0.2, -0.15) is 23.3 Å². The summed E-state index contributed by atoms with van der Waals surface area (Å²) >= 11 is 8.10. The SMILES string of the molecule is CC(C)(C)C(O)(CCc1ccc(Cl)cc1)Cn1cncn1.CCCOc1nc2ccc(I)cc2c(=O)n1CCC.CO/N=C(/C(=O)OC)c1ccccc1CO/N=C(\C)c1cccc(C(F)(F)F)c1. The number of hydrogen-bond acceptors (Lipinski definition) is 12. The summed E-state index contributed by atoms with van der Waals surface area (Å²) in [4.78, 5) is 42.9. The monoisotopic (exact) mass is 1090 g/mol. The summed E-state index contributed by atoms with van der Waals surface area (Å²) < 4.78 is 53.2. The number of alkyl halides is 3. The van der Waals surface area contributed by atoms with Gasteiger partial charge in [-0.05, 0) is 114 Å². The minimum atomic E-state index is -4.44. The number of fused-ring (bicyclic) bond motifs is 1. The molecule has 1 atom stereocenters. The molecule has 0 amide bonds. The lowest BCUT2D eigenvalue weighted by molar-refractivity contribution is -0.137. The van der Waals surface area contributed by atoms with Crippen molar-refractivity contribution >= 4 is 62.5 Å². The van der Waals surface area contributed by atoms with E-state index in [-0.39, 0.29) is 34.6 Å². The third-order valence-electron chi connectivity index (χ3n) is 10.7. The Kier molecular flexibility index (Phi) is 21.2. The summed E-state index contributed by atoms with van der Waals surface area (Å²) in [5.74, 6) is -0.692. The first-order valence-electron chi connectivity index (χ1n) is 22.0. The number of rotatable bonds is 17. The van der Waals surface area contributed by atoms with Crippen LogP contribution in [0.25, 0.3) is 10.9 Å². The summed E-state index contributed by atoms with van der Waals surface area (Å²) in [5, 5.41) is 24.2. The van der Waals surface area contributed by atoms with Crippen molar-refractivity contribution in [3.8, 4) is 6.01 Å². The molecule has 0 saturated heterocycles. The number of aryl methyl sites for hydroxylation is 1. The number of ether oxygens (including phenoxy) is 2. The van der Waals surface area contributed by atoms with Gasteiger partial charge in [-0.15, -0.1) is 0 Å². The van der Waals surface area contributed by atoms with Crippen molar-refractivity contribution in [1.29, 1.82) is 0 Å². The molecule has 4 aromatic carbocycles. The maximum Gasteiger partial charge on any atom is 0.416 e. The second-order valence-corrected chi connectivity index (χ2v) is 18.3. The van der Waals surface area contributed by atoms with Gasteiger partial charge in [-0.3, -0.25) is 14.0 Å². The van der Waals surface area contributed by atoms with Crippen LogP contribution in [0.4, 0.5) is 13.2 Å². The molecule has 69 heavy (non-hydrogen) atoms. The number of hydrogen-bond donors (Lipinski definition) is 1. The van der Waals surface area contributed by atoms with Crippen LogP contribution in [0.2, 0.25) is 5.02 Å². The van der Waals surface area contributed by atoms with Gasteiger partial charge in [0.15, 0.2) is 5.71 Å². The third-order valence-corrected chi connectivity index (χ3v) is 11.6. The van der Waals surface area contributed by atoms with Crippen molar-refractivity contribution in [2.24, 2.45) is 15.7 Å². The van der Waals surface area contributed by atoms with Crippen molar-refractivity contribution in [3.05, 3.63) is 150 Å². The van der Waals surface area contributed by atoms with E-state index >= 15 is 0 Å². The van der Waals surface area contributed by atoms with Gasteiger partial charge < -0.3 is 24.3 Å². The molecular formula is C50H58ClF3IN7O7. The van der Waals surface area contributed by atoms with E-state index in [0.29, 0.717) is 54.2 Å². The zero-order valence-corrected chi connectivity index (χ0v) is 42.8. The second kappa shape index (κ2) is 26.2. The van der Waals surface area contributed by atoms with Gasteiger partial charge in [-0.1, -0.05) is 105 Å². The van der Waals surface area contributed by atoms with E-state index in [9.17, 15) is 27.9 Å². The Hall–Kier alpha value is -5.86. The summed E-state index contributed by atoms with van der Waals surface area (Å²) in [6, 6.07) is 25.4. The Morgan fingerprint density at radius 2 is 1.65 bits per heavy atom. The molecule has 0 spiro atoms. The fourth-order valence-electron chi connectivity index (χ4n) is 6.61. The first-order valence-corrected chi connectivity index (χ1v) is 23.4. The predicted molar refractivity (Wildman–Crippen MR) is 269 cm³/mol. The topological polar surface area (TPSA) is 165 Å². The first-order chi connectivity index (χ1) is 32.7. The first kappa shape index (κ1) is 55.7. The minimum absolute atomic E-state index is 0.0172. The number of methoxy groups -OCH3 is 1. The van der Waals surface area contributed by atoms with E-state index < -0.39 is 23.3 Å². The highest BCUT2D eigenvalue weighted by Gasteiger charge is 2.40. The lowest BCUT2D eigenvalue weighted by Crippen LogP contribution is -2.47. The van der Waals surface area contributed by atoms with E-state index in [1.165, 1.54) is 45.2 Å². The smallest absolute Gasteiger partial charge is 0.416 e. The fraction of sp³-hybridized carbons (Fsp3) is 0.380. The van der Waals surface area contributed by atoms with Crippen molar-refractivity contribution in [2.45, 2.75) is 98.7 Å². The molecule has 1 unspecified atom stereocenters. The number of carbonyl (C=O) groups is 1. The Bertz CT molecular complexity index is 2710. The number of esters is 1. The number of aliphatic hydroxyl groups is 1. The number of halogens is 5. The fourth-order valence-corrected chi connectivity index (χ4v) is 7.22. The molecule has 370 valence electrons. The van der Waals surface area contributed by atoms with Gasteiger partial charge in [0.2, 0.25) is 0 Å². The molecule has 0 aliphatic rings. The maximum atomic E-state index is 12.9.